The molecule has 0 N–H and O–H groups in total. The average Bonchev–Trinajstić information content (AvgIpc) is 2.30. The lowest BCUT2D eigenvalue weighted by Gasteiger charge is -2.04. The molecule has 0 bridgehead atoms. The molecule has 2 aromatic rings. The zero-order chi connectivity index (χ0) is 10.5. The smallest absolute Gasteiger partial charge is 0.138 e. The summed E-state index contributed by atoms with van der Waals surface area (Å²) in [6.45, 7) is 0.483. The molecule has 2 rings (SSSR count). The van der Waals surface area contributed by atoms with Crippen LogP contribution in [0.2, 0.25) is 5.15 Å². The summed E-state index contributed by atoms with van der Waals surface area (Å²) in [6, 6.07) is 7.31. The first kappa shape index (κ1) is 9.93. The first-order chi connectivity index (χ1) is 7.34. The molecule has 0 spiro atoms. The Bertz CT molecular complexity index is 416. The van der Waals surface area contributed by atoms with Crippen molar-refractivity contribution >= 4 is 11.6 Å². The second-order valence-corrected chi connectivity index (χ2v) is 3.35. The van der Waals surface area contributed by atoms with Gasteiger partial charge in [0.1, 0.15) is 17.5 Å². The van der Waals surface area contributed by atoms with E-state index in [1.54, 1.807) is 30.7 Å². The molecule has 4 heteroatoms. The van der Waals surface area contributed by atoms with E-state index in [9.17, 15) is 0 Å². The highest BCUT2D eigenvalue weighted by Gasteiger charge is 1.96. The molecule has 76 valence electrons. The lowest BCUT2D eigenvalue weighted by Crippen LogP contribution is -1.95. The Hall–Kier alpha value is -1.61. The number of ether oxygens (including phenoxy) is 1. The summed E-state index contributed by atoms with van der Waals surface area (Å²) in [5, 5.41) is 0.462. The van der Waals surface area contributed by atoms with Crippen LogP contribution < -0.4 is 4.74 Å². The van der Waals surface area contributed by atoms with E-state index < -0.39 is 0 Å². The third-order valence-electron chi connectivity index (χ3n) is 1.83. The SMILES string of the molecule is Clc1ccc(OCc2cccnc2)cn1. The average molecular weight is 221 g/mol. The summed E-state index contributed by atoms with van der Waals surface area (Å²) in [7, 11) is 0. The van der Waals surface area contributed by atoms with Crippen molar-refractivity contribution in [3.8, 4) is 5.75 Å². The fraction of sp³-hybridized carbons (Fsp3) is 0.0909. The summed E-state index contributed by atoms with van der Waals surface area (Å²) in [5.41, 5.74) is 1.02. The maximum atomic E-state index is 5.65. The van der Waals surface area contributed by atoms with Crippen LogP contribution in [0.5, 0.6) is 5.75 Å². The number of nitrogens with zero attached hydrogens (tertiary/aromatic N) is 2. The van der Waals surface area contributed by atoms with Gasteiger partial charge in [0, 0.05) is 18.0 Å². The van der Waals surface area contributed by atoms with Gasteiger partial charge < -0.3 is 4.74 Å². The van der Waals surface area contributed by atoms with Crippen molar-refractivity contribution in [2.75, 3.05) is 0 Å². The largest absolute Gasteiger partial charge is 0.487 e. The van der Waals surface area contributed by atoms with Crippen LogP contribution in [0.1, 0.15) is 5.56 Å². The van der Waals surface area contributed by atoms with Gasteiger partial charge in [-0.1, -0.05) is 17.7 Å². The third-order valence-corrected chi connectivity index (χ3v) is 2.05. The van der Waals surface area contributed by atoms with E-state index in [-0.39, 0.29) is 0 Å². The minimum atomic E-state index is 0.462. The van der Waals surface area contributed by atoms with E-state index in [1.807, 2.05) is 12.1 Å². The van der Waals surface area contributed by atoms with Crippen molar-refractivity contribution < 1.29 is 4.74 Å². The molecule has 0 aliphatic carbocycles. The Morgan fingerprint density at radius 3 is 2.80 bits per heavy atom. The van der Waals surface area contributed by atoms with Crippen molar-refractivity contribution in [3.63, 3.8) is 0 Å². The minimum absolute atomic E-state index is 0.462. The molecule has 0 fully saturated rings. The molecule has 2 heterocycles. The Morgan fingerprint density at radius 1 is 1.20 bits per heavy atom. The molecule has 0 saturated heterocycles. The van der Waals surface area contributed by atoms with Crippen molar-refractivity contribution in [1.29, 1.82) is 0 Å². The molecule has 15 heavy (non-hydrogen) atoms. The molecule has 0 aliphatic heterocycles. The van der Waals surface area contributed by atoms with Gasteiger partial charge in [-0.05, 0) is 18.2 Å². The van der Waals surface area contributed by atoms with Gasteiger partial charge in [0.05, 0.1) is 6.20 Å². The second kappa shape index (κ2) is 4.75. The van der Waals surface area contributed by atoms with Crippen LogP contribution in [0.4, 0.5) is 0 Å². The predicted molar refractivity (Wildman–Crippen MR) is 57.8 cm³/mol. The minimum Gasteiger partial charge on any atom is -0.487 e. The van der Waals surface area contributed by atoms with Gasteiger partial charge in [-0.3, -0.25) is 4.98 Å². The van der Waals surface area contributed by atoms with E-state index in [0.717, 1.165) is 5.56 Å². The summed E-state index contributed by atoms with van der Waals surface area (Å²) in [6.07, 6.45) is 5.09. The number of hydrogen-bond acceptors (Lipinski definition) is 3. The van der Waals surface area contributed by atoms with Crippen molar-refractivity contribution in [1.82, 2.24) is 9.97 Å². The van der Waals surface area contributed by atoms with Gasteiger partial charge >= 0.3 is 0 Å². The standard InChI is InChI=1S/C11H9ClN2O/c12-11-4-3-10(7-14-11)15-8-9-2-1-5-13-6-9/h1-7H,8H2. The van der Waals surface area contributed by atoms with Gasteiger partial charge in [-0.15, -0.1) is 0 Å². The lowest BCUT2D eigenvalue weighted by molar-refractivity contribution is 0.304. The van der Waals surface area contributed by atoms with Crippen LogP contribution in [0, 0.1) is 0 Å². The number of aromatic nitrogens is 2. The van der Waals surface area contributed by atoms with Gasteiger partial charge in [0.15, 0.2) is 0 Å². The van der Waals surface area contributed by atoms with E-state index in [0.29, 0.717) is 17.5 Å². The molecular formula is C11H9ClN2O. The van der Waals surface area contributed by atoms with Gasteiger partial charge in [0.25, 0.3) is 0 Å². The van der Waals surface area contributed by atoms with Gasteiger partial charge in [-0.2, -0.15) is 0 Å². The Balaban J connectivity index is 1.96. The maximum Gasteiger partial charge on any atom is 0.138 e. The van der Waals surface area contributed by atoms with Crippen LogP contribution in [-0.4, -0.2) is 9.97 Å². The fourth-order valence-electron chi connectivity index (χ4n) is 1.10. The number of hydrogen-bond donors (Lipinski definition) is 0. The summed E-state index contributed by atoms with van der Waals surface area (Å²) in [4.78, 5) is 7.91. The highest BCUT2D eigenvalue weighted by molar-refractivity contribution is 6.29. The van der Waals surface area contributed by atoms with Gasteiger partial charge in [-0.25, -0.2) is 4.98 Å². The summed E-state index contributed by atoms with van der Waals surface area (Å²) in [5.74, 6) is 0.697. The molecular weight excluding hydrogens is 212 g/mol. The topological polar surface area (TPSA) is 35.0 Å². The Labute approximate surface area is 92.7 Å². The molecule has 0 aliphatic rings. The Morgan fingerprint density at radius 2 is 2.13 bits per heavy atom. The normalized spacial score (nSPS) is 9.93. The third kappa shape index (κ3) is 2.92. The second-order valence-electron chi connectivity index (χ2n) is 2.97. The number of pyridine rings is 2. The van der Waals surface area contributed by atoms with E-state index >= 15 is 0 Å². The van der Waals surface area contributed by atoms with Crippen LogP contribution in [0.3, 0.4) is 0 Å². The molecule has 0 unspecified atom stereocenters. The zero-order valence-electron chi connectivity index (χ0n) is 7.93. The number of halogens is 1. The predicted octanol–water partition coefficient (Wildman–Crippen LogP) is 2.71. The van der Waals surface area contributed by atoms with E-state index in [1.165, 1.54) is 0 Å². The van der Waals surface area contributed by atoms with Crippen molar-refractivity contribution in [2.45, 2.75) is 6.61 Å². The molecule has 0 atom stereocenters. The lowest BCUT2D eigenvalue weighted by atomic mass is 10.3. The first-order valence-electron chi connectivity index (χ1n) is 4.48. The molecule has 0 amide bonds. The Kier molecular flexibility index (Phi) is 3.15. The number of rotatable bonds is 3. The zero-order valence-corrected chi connectivity index (χ0v) is 8.69. The highest BCUT2D eigenvalue weighted by atomic mass is 35.5. The van der Waals surface area contributed by atoms with Crippen molar-refractivity contribution in [2.24, 2.45) is 0 Å². The van der Waals surface area contributed by atoms with Crippen LogP contribution in [0.25, 0.3) is 0 Å². The highest BCUT2D eigenvalue weighted by Crippen LogP contribution is 2.13. The van der Waals surface area contributed by atoms with Crippen molar-refractivity contribution in [3.05, 3.63) is 53.6 Å². The molecule has 3 nitrogen and oxygen atoms in total. The molecule has 0 radical (unpaired) electrons. The van der Waals surface area contributed by atoms with Crippen LogP contribution in [-0.2, 0) is 6.61 Å². The fourth-order valence-corrected chi connectivity index (χ4v) is 1.21. The molecule has 2 aromatic heterocycles. The quantitative estimate of drug-likeness (QED) is 0.746. The first-order valence-corrected chi connectivity index (χ1v) is 4.85. The maximum absolute atomic E-state index is 5.65. The van der Waals surface area contributed by atoms with Crippen LogP contribution in [0.15, 0.2) is 42.9 Å². The van der Waals surface area contributed by atoms with Crippen LogP contribution >= 0.6 is 11.6 Å². The monoisotopic (exact) mass is 220 g/mol. The summed E-state index contributed by atoms with van der Waals surface area (Å²) < 4.78 is 5.49. The van der Waals surface area contributed by atoms with Gasteiger partial charge in [0.2, 0.25) is 0 Å². The molecule has 0 aromatic carbocycles. The van der Waals surface area contributed by atoms with E-state index in [2.05, 4.69) is 9.97 Å². The summed E-state index contributed by atoms with van der Waals surface area (Å²) >= 11 is 5.65. The molecule has 0 saturated carbocycles. The van der Waals surface area contributed by atoms with E-state index in [4.69, 9.17) is 16.3 Å².